The standard InChI is InChI=1S/C11H15NO5S/c1-7-3-4-9(5-8(7)2)18(16,17)12-10(6-13)11(14)15/h3-5,10,12-13H,6H2,1-2H3,(H,14,15). The molecule has 1 aromatic carbocycles. The van der Waals surface area contributed by atoms with E-state index in [1.807, 2.05) is 11.6 Å². The van der Waals surface area contributed by atoms with Crippen LogP contribution in [0.25, 0.3) is 0 Å². The lowest BCUT2D eigenvalue weighted by molar-refractivity contribution is -0.139. The molecule has 1 atom stereocenters. The van der Waals surface area contributed by atoms with Gasteiger partial charge in [0.15, 0.2) is 0 Å². The lowest BCUT2D eigenvalue weighted by Gasteiger charge is -2.13. The van der Waals surface area contributed by atoms with Crippen molar-refractivity contribution in [3.05, 3.63) is 29.3 Å². The van der Waals surface area contributed by atoms with Crippen LogP contribution in [0.3, 0.4) is 0 Å². The summed E-state index contributed by atoms with van der Waals surface area (Å²) in [4.78, 5) is 10.7. The van der Waals surface area contributed by atoms with E-state index in [1.165, 1.54) is 12.1 Å². The molecule has 1 unspecified atom stereocenters. The second kappa shape index (κ2) is 5.47. The maximum absolute atomic E-state index is 11.9. The van der Waals surface area contributed by atoms with Crippen molar-refractivity contribution < 1.29 is 23.4 Å². The summed E-state index contributed by atoms with van der Waals surface area (Å²) in [6.07, 6.45) is 0. The van der Waals surface area contributed by atoms with Crippen LogP contribution in [0.5, 0.6) is 0 Å². The first-order valence-electron chi connectivity index (χ1n) is 5.21. The molecule has 7 heteroatoms. The van der Waals surface area contributed by atoms with Crippen LogP contribution in [-0.4, -0.2) is 37.2 Å². The van der Waals surface area contributed by atoms with Crippen molar-refractivity contribution in [1.29, 1.82) is 0 Å². The van der Waals surface area contributed by atoms with Crippen molar-refractivity contribution in [2.75, 3.05) is 6.61 Å². The van der Waals surface area contributed by atoms with Gasteiger partial charge in [-0.2, -0.15) is 4.72 Å². The molecular weight excluding hydrogens is 258 g/mol. The Bertz CT molecular complexity index is 553. The minimum Gasteiger partial charge on any atom is -0.480 e. The van der Waals surface area contributed by atoms with Crippen molar-refractivity contribution >= 4 is 16.0 Å². The molecule has 6 nitrogen and oxygen atoms in total. The maximum atomic E-state index is 11.9. The van der Waals surface area contributed by atoms with Gasteiger partial charge in [0.05, 0.1) is 11.5 Å². The first kappa shape index (κ1) is 14.6. The highest BCUT2D eigenvalue weighted by atomic mass is 32.2. The molecule has 18 heavy (non-hydrogen) atoms. The predicted molar refractivity (Wildman–Crippen MR) is 64.7 cm³/mol. The molecule has 0 bridgehead atoms. The molecular formula is C11H15NO5S. The number of aliphatic hydroxyl groups is 1. The maximum Gasteiger partial charge on any atom is 0.324 e. The van der Waals surface area contributed by atoms with Crippen molar-refractivity contribution in [2.45, 2.75) is 24.8 Å². The molecule has 0 saturated carbocycles. The van der Waals surface area contributed by atoms with E-state index in [2.05, 4.69) is 0 Å². The summed E-state index contributed by atoms with van der Waals surface area (Å²) in [5, 5.41) is 17.5. The SMILES string of the molecule is Cc1ccc(S(=O)(=O)NC(CO)C(=O)O)cc1C. The summed E-state index contributed by atoms with van der Waals surface area (Å²) in [6, 6.07) is 2.93. The van der Waals surface area contributed by atoms with Crippen LogP contribution in [0.4, 0.5) is 0 Å². The number of hydrogen-bond acceptors (Lipinski definition) is 4. The van der Waals surface area contributed by atoms with E-state index in [4.69, 9.17) is 10.2 Å². The van der Waals surface area contributed by atoms with Crippen LogP contribution in [0.1, 0.15) is 11.1 Å². The highest BCUT2D eigenvalue weighted by Crippen LogP contribution is 2.14. The molecule has 3 N–H and O–H groups in total. The fraction of sp³-hybridized carbons (Fsp3) is 0.364. The Morgan fingerprint density at radius 3 is 2.39 bits per heavy atom. The molecule has 0 radical (unpaired) electrons. The Morgan fingerprint density at radius 2 is 1.94 bits per heavy atom. The van der Waals surface area contributed by atoms with Gasteiger partial charge in [0, 0.05) is 0 Å². The minimum absolute atomic E-state index is 0.0229. The molecule has 0 fully saturated rings. The first-order chi connectivity index (χ1) is 8.27. The lowest BCUT2D eigenvalue weighted by atomic mass is 10.1. The van der Waals surface area contributed by atoms with E-state index in [0.29, 0.717) is 0 Å². The first-order valence-corrected chi connectivity index (χ1v) is 6.69. The summed E-state index contributed by atoms with van der Waals surface area (Å²) >= 11 is 0. The number of aryl methyl sites for hydroxylation is 2. The molecule has 0 aliphatic carbocycles. The Balaban J connectivity index is 3.06. The molecule has 0 aromatic heterocycles. The van der Waals surface area contributed by atoms with Crippen LogP contribution in [0.2, 0.25) is 0 Å². The van der Waals surface area contributed by atoms with Crippen LogP contribution in [-0.2, 0) is 14.8 Å². The lowest BCUT2D eigenvalue weighted by Crippen LogP contribution is -2.43. The molecule has 1 rings (SSSR count). The number of aliphatic hydroxyl groups excluding tert-OH is 1. The second-order valence-electron chi connectivity index (χ2n) is 3.94. The Morgan fingerprint density at radius 1 is 1.33 bits per heavy atom. The van der Waals surface area contributed by atoms with E-state index in [1.54, 1.807) is 13.0 Å². The Kier molecular flexibility index (Phi) is 4.44. The zero-order valence-corrected chi connectivity index (χ0v) is 10.9. The number of rotatable bonds is 5. The number of carboxylic acid groups (broad SMARTS) is 1. The van der Waals surface area contributed by atoms with E-state index in [0.717, 1.165) is 11.1 Å². The summed E-state index contributed by atoms with van der Waals surface area (Å²) in [7, 11) is -3.95. The minimum atomic E-state index is -3.95. The van der Waals surface area contributed by atoms with Gasteiger partial charge in [-0.15, -0.1) is 0 Å². The molecule has 0 saturated heterocycles. The smallest absolute Gasteiger partial charge is 0.324 e. The summed E-state index contributed by atoms with van der Waals surface area (Å²) < 4.78 is 25.7. The van der Waals surface area contributed by atoms with Gasteiger partial charge in [-0.05, 0) is 37.1 Å². The third-order valence-corrected chi connectivity index (χ3v) is 4.04. The molecule has 0 spiro atoms. The van der Waals surface area contributed by atoms with Crippen LogP contribution in [0.15, 0.2) is 23.1 Å². The highest BCUT2D eigenvalue weighted by molar-refractivity contribution is 7.89. The third kappa shape index (κ3) is 3.28. The quantitative estimate of drug-likeness (QED) is 0.702. The van der Waals surface area contributed by atoms with E-state index >= 15 is 0 Å². The van der Waals surface area contributed by atoms with Gasteiger partial charge in [-0.3, -0.25) is 4.79 Å². The van der Waals surface area contributed by atoms with E-state index in [9.17, 15) is 13.2 Å². The zero-order chi connectivity index (χ0) is 13.9. The van der Waals surface area contributed by atoms with Crippen molar-refractivity contribution in [3.63, 3.8) is 0 Å². The van der Waals surface area contributed by atoms with Crippen molar-refractivity contribution in [1.82, 2.24) is 4.72 Å². The Hall–Kier alpha value is -1.44. The van der Waals surface area contributed by atoms with Crippen LogP contribution < -0.4 is 4.72 Å². The van der Waals surface area contributed by atoms with Gasteiger partial charge in [-0.1, -0.05) is 6.07 Å². The normalized spacial score (nSPS) is 13.3. The number of benzene rings is 1. The van der Waals surface area contributed by atoms with Crippen LogP contribution >= 0.6 is 0 Å². The number of nitrogens with one attached hydrogen (secondary N) is 1. The summed E-state index contributed by atoms with van der Waals surface area (Å²) in [6.45, 7) is 2.79. The van der Waals surface area contributed by atoms with Gasteiger partial charge >= 0.3 is 5.97 Å². The van der Waals surface area contributed by atoms with Crippen molar-refractivity contribution in [3.8, 4) is 0 Å². The molecule has 0 aliphatic rings. The van der Waals surface area contributed by atoms with Gasteiger partial charge in [0.25, 0.3) is 0 Å². The van der Waals surface area contributed by atoms with Crippen molar-refractivity contribution in [2.24, 2.45) is 0 Å². The summed E-state index contributed by atoms with van der Waals surface area (Å²) in [5.41, 5.74) is 1.72. The molecule has 0 aliphatic heterocycles. The molecule has 0 amide bonds. The second-order valence-corrected chi connectivity index (χ2v) is 5.65. The van der Waals surface area contributed by atoms with Gasteiger partial charge in [0.1, 0.15) is 6.04 Å². The highest BCUT2D eigenvalue weighted by Gasteiger charge is 2.24. The number of carboxylic acids is 1. The number of carbonyl (C=O) groups is 1. The largest absolute Gasteiger partial charge is 0.480 e. The average molecular weight is 273 g/mol. The predicted octanol–water partition coefficient (Wildman–Crippen LogP) is 0.0272. The van der Waals surface area contributed by atoms with Gasteiger partial charge in [0.2, 0.25) is 10.0 Å². The fourth-order valence-corrected chi connectivity index (χ4v) is 2.57. The molecule has 100 valence electrons. The number of hydrogen-bond donors (Lipinski definition) is 3. The fourth-order valence-electron chi connectivity index (χ4n) is 1.30. The topological polar surface area (TPSA) is 104 Å². The zero-order valence-electron chi connectivity index (χ0n) is 10.0. The Labute approximate surface area is 105 Å². The summed E-state index contributed by atoms with van der Waals surface area (Å²) in [5.74, 6) is -1.43. The van der Waals surface area contributed by atoms with Gasteiger partial charge < -0.3 is 10.2 Å². The third-order valence-electron chi connectivity index (χ3n) is 2.57. The average Bonchev–Trinajstić information content (AvgIpc) is 2.29. The molecule has 1 aromatic rings. The van der Waals surface area contributed by atoms with Gasteiger partial charge in [-0.25, -0.2) is 8.42 Å². The molecule has 0 heterocycles. The van der Waals surface area contributed by atoms with E-state index < -0.39 is 28.6 Å². The number of sulfonamides is 1. The van der Waals surface area contributed by atoms with Crippen LogP contribution in [0, 0.1) is 13.8 Å². The monoisotopic (exact) mass is 273 g/mol. The van der Waals surface area contributed by atoms with E-state index in [-0.39, 0.29) is 4.90 Å². The number of aliphatic carboxylic acids is 1.